The molecule has 2 nitrogen and oxygen atoms in total. The van der Waals surface area contributed by atoms with Crippen molar-refractivity contribution in [3.63, 3.8) is 0 Å². The summed E-state index contributed by atoms with van der Waals surface area (Å²) in [6, 6.07) is 0. The summed E-state index contributed by atoms with van der Waals surface area (Å²) in [5, 5.41) is 0. The van der Waals surface area contributed by atoms with E-state index < -0.39 is 0 Å². The number of fused-ring (bicyclic) bond motifs is 5. The molecule has 0 heterocycles. The molecule has 0 aromatic heterocycles. The fraction of sp³-hybridized carbons (Fsp3) is 0.839. The van der Waals surface area contributed by atoms with Gasteiger partial charge in [0.1, 0.15) is 6.10 Å². The van der Waals surface area contributed by atoms with Crippen LogP contribution in [0.3, 0.4) is 0 Å². The highest BCUT2D eigenvalue weighted by molar-refractivity contribution is 5.66. The molecule has 186 valence electrons. The first kappa shape index (κ1) is 25.1. The van der Waals surface area contributed by atoms with Crippen LogP contribution in [0.2, 0.25) is 0 Å². The largest absolute Gasteiger partial charge is 0.462 e. The van der Waals surface area contributed by atoms with Gasteiger partial charge < -0.3 is 4.74 Å². The van der Waals surface area contributed by atoms with Crippen molar-refractivity contribution in [1.29, 1.82) is 0 Å². The predicted molar refractivity (Wildman–Crippen MR) is 138 cm³/mol. The van der Waals surface area contributed by atoms with Gasteiger partial charge in [-0.2, -0.15) is 0 Å². The molecule has 4 rings (SSSR count). The summed E-state index contributed by atoms with van der Waals surface area (Å²) < 4.78 is 5.63. The molecule has 0 aliphatic heterocycles. The Balaban J connectivity index is 1.47. The number of allylic oxidation sites excluding steroid dienone is 3. The van der Waals surface area contributed by atoms with Gasteiger partial charge in [0, 0.05) is 13.3 Å². The maximum Gasteiger partial charge on any atom is 0.302 e. The van der Waals surface area contributed by atoms with Crippen LogP contribution < -0.4 is 0 Å². The Morgan fingerprint density at radius 2 is 1.88 bits per heavy atom. The third-order valence-corrected chi connectivity index (χ3v) is 11.2. The van der Waals surface area contributed by atoms with Crippen LogP contribution in [0.25, 0.3) is 0 Å². The van der Waals surface area contributed by atoms with Crippen molar-refractivity contribution >= 4 is 5.97 Å². The standard InChI is InChI=1S/C31H50O2/c1-8-23(20(2)3)10-9-21(4)27-13-14-28-26-12-11-24-19-25(33-22(5)32)15-17-30(24,6)29(26)16-18-31(27,28)7/h8,11,20-21,25-29H,9-10,12-19H2,1-7H3/b23-8+/t21-,25+,26-,27+,28-,29-,30+,31-/m1/s1. The molecule has 3 saturated carbocycles. The van der Waals surface area contributed by atoms with Crippen LogP contribution in [0.5, 0.6) is 0 Å². The first-order valence-corrected chi connectivity index (χ1v) is 14.1. The highest BCUT2D eigenvalue weighted by Crippen LogP contribution is 2.67. The normalized spacial score (nSPS) is 41.6. The second kappa shape index (κ2) is 9.54. The molecule has 2 heteroatoms. The van der Waals surface area contributed by atoms with Gasteiger partial charge in [0.25, 0.3) is 0 Å². The van der Waals surface area contributed by atoms with Crippen molar-refractivity contribution < 1.29 is 9.53 Å². The quantitative estimate of drug-likeness (QED) is 0.297. The van der Waals surface area contributed by atoms with Gasteiger partial charge in [0.2, 0.25) is 0 Å². The molecule has 0 aromatic rings. The minimum Gasteiger partial charge on any atom is -0.462 e. The SMILES string of the molecule is C/C=C(\CC[C@@H](C)[C@@H]1CC[C@@H]2[C@H]3CC=C4C[C@@H](OC(C)=O)CC[C@]4(C)[C@@H]3CC[C@@]21C)C(C)C. The minimum absolute atomic E-state index is 0.108. The van der Waals surface area contributed by atoms with E-state index >= 15 is 0 Å². The average Bonchev–Trinajstić information content (AvgIpc) is 3.11. The van der Waals surface area contributed by atoms with E-state index in [4.69, 9.17) is 4.74 Å². The highest BCUT2D eigenvalue weighted by Gasteiger charge is 2.59. The summed E-state index contributed by atoms with van der Waals surface area (Å²) in [6.45, 7) is 16.3. The molecule has 4 aliphatic carbocycles. The number of carbonyl (C=O) groups is 1. The monoisotopic (exact) mass is 454 g/mol. The van der Waals surface area contributed by atoms with Gasteiger partial charge in [0.15, 0.2) is 0 Å². The van der Waals surface area contributed by atoms with Crippen molar-refractivity contribution in [3.05, 3.63) is 23.3 Å². The Labute approximate surface area is 204 Å². The van der Waals surface area contributed by atoms with Gasteiger partial charge in [-0.15, -0.1) is 0 Å². The zero-order valence-corrected chi connectivity index (χ0v) is 22.6. The van der Waals surface area contributed by atoms with Gasteiger partial charge in [-0.25, -0.2) is 0 Å². The van der Waals surface area contributed by atoms with E-state index in [1.54, 1.807) is 18.1 Å². The number of ether oxygens (including phenoxy) is 1. The zero-order chi connectivity index (χ0) is 24.0. The van der Waals surface area contributed by atoms with Gasteiger partial charge in [-0.1, -0.05) is 57.9 Å². The average molecular weight is 455 g/mol. The second-order valence-corrected chi connectivity index (χ2v) is 13.0. The summed E-state index contributed by atoms with van der Waals surface area (Å²) >= 11 is 0. The van der Waals surface area contributed by atoms with Crippen LogP contribution in [0.4, 0.5) is 0 Å². The lowest BCUT2D eigenvalue weighted by molar-refractivity contribution is -0.148. The van der Waals surface area contributed by atoms with Crippen LogP contribution in [-0.2, 0) is 9.53 Å². The number of hydrogen-bond acceptors (Lipinski definition) is 2. The minimum atomic E-state index is -0.118. The number of carbonyl (C=O) groups excluding carboxylic acids is 1. The third kappa shape index (κ3) is 4.50. The molecule has 0 spiro atoms. The van der Waals surface area contributed by atoms with Crippen molar-refractivity contribution in [2.45, 2.75) is 119 Å². The number of hydrogen-bond donors (Lipinski definition) is 0. The maximum absolute atomic E-state index is 11.5. The molecule has 33 heavy (non-hydrogen) atoms. The molecule has 0 radical (unpaired) electrons. The Hall–Kier alpha value is -1.05. The summed E-state index contributed by atoms with van der Waals surface area (Å²) in [6.07, 6.45) is 17.9. The summed E-state index contributed by atoms with van der Waals surface area (Å²) in [5.74, 6) is 4.88. The Bertz CT molecular complexity index is 791. The number of esters is 1. The zero-order valence-electron chi connectivity index (χ0n) is 22.6. The topological polar surface area (TPSA) is 26.3 Å². The summed E-state index contributed by atoms with van der Waals surface area (Å²) in [5.41, 5.74) is 4.13. The van der Waals surface area contributed by atoms with Crippen molar-refractivity contribution in [3.8, 4) is 0 Å². The Morgan fingerprint density at radius 3 is 2.55 bits per heavy atom. The Kier molecular flexibility index (Phi) is 7.24. The maximum atomic E-state index is 11.5. The first-order valence-electron chi connectivity index (χ1n) is 14.1. The molecule has 0 saturated heterocycles. The van der Waals surface area contributed by atoms with Crippen LogP contribution in [0.1, 0.15) is 113 Å². The molecule has 4 aliphatic rings. The van der Waals surface area contributed by atoms with Gasteiger partial charge in [-0.05, 0) is 111 Å². The fourth-order valence-corrected chi connectivity index (χ4v) is 9.30. The Morgan fingerprint density at radius 1 is 1.12 bits per heavy atom. The molecular weight excluding hydrogens is 404 g/mol. The summed E-state index contributed by atoms with van der Waals surface area (Å²) in [7, 11) is 0. The van der Waals surface area contributed by atoms with Crippen LogP contribution in [0, 0.1) is 46.3 Å². The smallest absolute Gasteiger partial charge is 0.302 e. The van der Waals surface area contributed by atoms with Gasteiger partial charge in [0.05, 0.1) is 0 Å². The van der Waals surface area contributed by atoms with E-state index in [1.165, 1.54) is 51.4 Å². The first-order chi connectivity index (χ1) is 15.6. The van der Waals surface area contributed by atoms with Gasteiger partial charge in [-0.3, -0.25) is 4.79 Å². The lowest BCUT2D eigenvalue weighted by atomic mass is 9.47. The summed E-state index contributed by atoms with van der Waals surface area (Å²) in [4.78, 5) is 11.5. The molecule has 0 N–H and O–H groups in total. The lowest BCUT2D eigenvalue weighted by Crippen LogP contribution is -2.51. The van der Waals surface area contributed by atoms with E-state index in [1.807, 2.05) is 0 Å². The fourth-order valence-electron chi connectivity index (χ4n) is 9.30. The van der Waals surface area contributed by atoms with Crippen LogP contribution >= 0.6 is 0 Å². The van der Waals surface area contributed by atoms with E-state index in [-0.39, 0.29) is 12.1 Å². The highest BCUT2D eigenvalue weighted by atomic mass is 16.5. The molecule has 0 aromatic carbocycles. The van der Waals surface area contributed by atoms with Crippen LogP contribution in [-0.4, -0.2) is 12.1 Å². The van der Waals surface area contributed by atoms with E-state index in [0.717, 1.165) is 42.4 Å². The van der Waals surface area contributed by atoms with E-state index in [0.29, 0.717) is 16.7 Å². The molecule has 8 atom stereocenters. The van der Waals surface area contributed by atoms with E-state index in [9.17, 15) is 4.79 Å². The third-order valence-electron chi connectivity index (χ3n) is 11.2. The molecular formula is C31H50O2. The predicted octanol–water partition coefficient (Wildman–Crippen LogP) is 8.52. The van der Waals surface area contributed by atoms with E-state index in [2.05, 4.69) is 53.7 Å². The molecule has 0 bridgehead atoms. The van der Waals surface area contributed by atoms with Gasteiger partial charge >= 0.3 is 5.97 Å². The molecule has 3 fully saturated rings. The molecule has 0 unspecified atom stereocenters. The number of rotatable bonds is 6. The molecule has 0 amide bonds. The van der Waals surface area contributed by atoms with Crippen LogP contribution in [0.15, 0.2) is 23.3 Å². The van der Waals surface area contributed by atoms with Crippen molar-refractivity contribution in [2.24, 2.45) is 46.3 Å². The lowest BCUT2D eigenvalue weighted by Gasteiger charge is -2.58. The van der Waals surface area contributed by atoms with Crippen molar-refractivity contribution in [1.82, 2.24) is 0 Å². The van der Waals surface area contributed by atoms with Crippen molar-refractivity contribution in [2.75, 3.05) is 0 Å². The second-order valence-electron chi connectivity index (χ2n) is 13.0.